The Labute approximate surface area is 134 Å². The van der Waals surface area contributed by atoms with Crippen LogP contribution < -0.4 is 11.2 Å². The smallest absolute Gasteiger partial charge is 0.347 e. The Morgan fingerprint density at radius 2 is 1.75 bits per heavy atom. The molecular weight excluding hydrogens is 333 g/mol. The zero-order chi connectivity index (χ0) is 18.7. The number of nitrogens with zero attached hydrogens (tertiary/aromatic N) is 4. The first-order chi connectivity index (χ1) is 10.9. The molecule has 1 heterocycles. The average Bonchev–Trinajstić information content (AvgIpc) is 2.45. The van der Waals surface area contributed by atoms with Gasteiger partial charge in [-0.25, -0.2) is 4.79 Å². The second kappa shape index (κ2) is 7.32. The van der Waals surface area contributed by atoms with Crippen LogP contribution in [0.1, 0.15) is 0 Å². The normalized spacial score (nSPS) is 11.2. The summed E-state index contributed by atoms with van der Waals surface area (Å²) < 4.78 is 39.4. The van der Waals surface area contributed by atoms with Gasteiger partial charge in [0.15, 0.2) is 0 Å². The first-order valence-electron chi connectivity index (χ1n) is 6.73. The molecule has 0 atom stereocenters. The van der Waals surface area contributed by atoms with Gasteiger partial charge in [0.05, 0.1) is 0 Å². The highest BCUT2D eigenvalue weighted by Gasteiger charge is 2.34. The fourth-order valence-electron chi connectivity index (χ4n) is 1.74. The Balaban J connectivity index is 3.04. The van der Waals surface area contributed by atoms with Crippen LogP contribution in [0.25, 0.3) is 0 Å². The molecule has 0 aromatic carbocycles. The van der Waals surface area contributed by atoms with Crippen molar-refractivity contribution in [2.45, 2.75) is 12.7 Å². The molecule has 1 rings (SSSR count). The molecule has 0 saturated heterocycles. The van der Waals surface area contributed by atoms with Gasteiger partial charge in [0.1, 0.15) is 19.6 Å². The molecule has 0 saturated carbocycles. The molecule has 0 aliphatic rings. The van der Waals surface area contributed by atoms with Gasteiger partial charge < -0.3 is 9.80 Å². The zero-order valence-corrected chi connectivity index (χ0v) is 13.3. The fraction of sp³-hybridized carbons (Fsp3) is 0.538. The summed E-state index contributed by atoms with van der Waals surface area (Å²) in [7, 11) is 3.86. The highest BCUT2D eigenvalue weighted by atomic mass is 19.4. The Bertz CT molecular complexity index is 736. The van der Waals surface area contributed by atoms with Crippen molar-refractivity contribution in [3.8, 4) is 0 Å². The van der Waals surface area contributed by atoms with Gasteiger partial charge >= 0.3 is 11.9 Å². The van der Waals surface area contributed by atoms with E-state index in [2.05, 4.69) is 0 Å². The summed E-state index contributed by atoms with van der Waals surface area (Å²) in [6.07, 6.45) is -3.68. The first kappa shape index (κ1) is 19.5. The maximum atomic E-state index is 12.6. The first-order valence-corrected chi connectivity index (χ1v) is 6.73. The number of halogens is 3. The number of likely N-dealkylation sites (N-methyl/N-ethyl adjacent to an activating group) is 1. The zero-order valence-electron chi connectivity index (χ0n) is 13.3. The van der Waals surface area contributed by atoms with Crippen LogP contribution >= 0.6 is 0 Å². The van der Waals surface area contributed by atoms with Crippen LogP contribution in [-0.2, 0) is 23.2 Å². The monoisotopic (exact) mass is 350 g/mol. The number of hydrogen-bond acceptors (Lipinski definition) is 4. The SMILES string of the molecule is CN(C)C(=O)CN(CC(F)(F)F)C(=O)Cn1ccc(=O)n(C)c1=O. The lowest BCUT2D eigenvalue weighted by Crippen LogP contribution is -2.47. The second-order valence-electron chi connectivity index (χ2n) is 5.28. The molecule has 0 aliphatic carbocycles. The van der Waals surface area contributed by atoms with E-state index in [-0.39, 0.29) is 0 Å². The largest absolute Gasteiger partial charge is 0.406 e. The third-order valence-electron chi connectivity index (χ3n) is 3.11. The molecule has 0 aliphatic heterocycles. The minimum absolute atomic E-state index is 0.319. The second-order valence-corrected chi connectivity index (χ2v) is 5.28. The molecule has 134 valence electrons. The summed E-state index contributed by atoms with van der Waals surface area (Å²) in [5.74, 6) is -1.76. The molecule has 0 fully saturated rings. The van der Waals surface area contributed by atoms with Crippen LogP contribution in [0.5, 0.6) is 0 Å². The van der Waals surface area contributed by atoms with E-state index < -0.39 is 48.9 Å². The summed E-state index contributed by atoms with van der Waals surface area (Å²) in [6, 6.07) is 1.01. The van der Waals surface area contributed by atoms with Crippen molar-refractivity contribution in [1.82, 2.24) is 18.9 Å². The molecule has 0 radical (unpaired) electrons. The van der Waals surface area contributed by atoms with Gasteiger partial charge in [0.2, 0.25) is 11.8 Å². The fourth-order valence-corrected chi connectivity index (χ4v) is 1.74. The highest BCUT2D eigenvalue weighted by Crippen LogP contribution is 2.16. The lowest BCUT2D eigenvalue weighted by molar-refractivity contribution is -0.164. The van der Waals surface area contributed by atoms with Crippen LogP contribution in [0.3, 0.4) is 0 Å². The molecule has 0 spiro atoms. The predicted octanol–water partition coefficient (Wildman–Crippen LogP) is -0.974. The number of hydrogen-bond donors (Lipinski definition) is 0. The van der Waals surface area contributed by atoms with Crippen molar-refractivity contribution in [3.05, 3.63) is 33.1 Å². The summed E-state index contributed by atoms with van der Waals surface area (Å²) >= 11 is 0. The van der Waals surface area contributed by atoms with Gasteiger partial charge in [-0.1, -0.05) is 0 Å². The van der Waals surface area contributed by atoms with E-state index in [0.29, 0.717) is 9.47 Å². The van der Waals surface area contributed by atoms with Gasteiger partial charge in [-0.3, -0.25) is 23.5 Å². The summed E-state index contributed by atoms with van der Waals surface area (Å²) in [5.41, 5.74) is -1.46. The maximum Gasteiger partial charge on any atom is 0.406 e. The number of carbonyl (C=O) groups excluding carboxylic acids is 2. The van der Waals surface area contributed by atoms with Gasteiger partial charge in [-0.2, -0.15) is 13.2 Å². The Hall–Kier alpha value is -2.59. The molecular formula is C13H17F3N4O4. The molecule has 11 heteroatoms. The molecule has 1 aromatic heterocycles. The number of amides is 2. The number of rotatable bonds is 5. The minimum Gasteiger partial charge on any atom is -0.347 e. The maximum absolute atomic E-state index is 12.6. The molecule has 0 N–H and O–H groups in total. The van der Waals surface area contributed by atoms with E-state index in [0.717, 1.165) is 21.7 Å². The van der Waals surface area contributed by atoms with Gasteiger partial charge in [-0.15, -0.1) is 0 Å². The molecule has 0 bridgehead atoms. The molecule has 2 amide bonds. The van der Waals surface area contributed by atoms with Gasteiger partial charge in [0, 0.05) is 33.4 Å². The number of alkyl halides is 3. The predicted molar refractivity (Wildman–Crippen MR) is 77.3 cm³/mol. The number of aromatic nitrogens is 2. The Morgan fingerprint density at radius 1 is 1.17 bits per heavy atom. The van der Waals surface area contributed by atoms with Crippen LogP contribution in [0.15, 0.2) is 21.9 Å². The van der Waals surface area contributed by atoms with E-state index in [1.54, 1.807) is 0 Å². The lowest BCUT2D eigenvalue weighted by Gasteiger charge is -2.25. The van der Waals surface area contributed by atoms with Crippen molar-refractivity contribution < 1.29 is 22.8 Å². The Kier molecular flexibility index (Phi) is 5.93. The molecule has 0 unspecified atom stereocenters. The molecule has 24 heavy (non-hydrogen) atoms. The topological polar surface area (TPSA) is 84.6 Å². The lowest BCUT2D eigenvalue weighted by atomic mass is 10.4. The van der Waals surface area contributed by atoms with Crippen molar-refractivity contribution in [1.29, 1.82) is 0 Å². The minimum atomic E-state index is -4.70. The van der Waals surface area contributed by atoms with E-state index in [9.17, 15) is 32.3 Å². The van der Waals surface area contributed by atoms with Crippen LogP contribution in [0, 0.1) is 0 Å². The van der Waals surface area contributed by atoms with Gasteiger partial charge in [0.25, 0.3) is 5.56 Å². The van der Waals surface area contributed by atoms with Crippen molar-refractivity contribution >= 4 is 11.8 Å². The highest BCUT2D eigenvalue weighted by molar-refractivity contribution is 5.84. The van der Waals surface area contributed by atoms with Crippen molar-refractivity contribution in [3.63, 3.8) is 0 Å². The van der Waals surface area contributed by atoms with Crippen LogP contribution in [0.4, 0.5) is 13.2 Å². The quantitative estimate of drug-likeness (QED) is 0.684. The van der Waals surface area contributed by atoms with Crippen molar-refractivity contribution in [2.24, 2.45) is 7.05 Å². The average molecular weight is 350 g/mol. The third kappa shape index (κ3) is 5.25. The van der Waals surface area contributed by atoms with Crippen LogP contribution in [0.2, 0.25) is 0 Å². The third-order valence-corrected chi connectivity index (χ3v) is 3.11. The van der Waals surface area contributed by atoms with E-state index >= 15 is 0 Å². The summed E-state index contributed by atoms with van der Waals surface area (Å²) in [4.78, 5) is 48.2. The molecule has 8 nitrogen and oxygen atoms in total. The van der Waals surface area contributed by atoms with E-state index in [1.807, 2.05) is 0 Å². The molecule has 1 aromatic rings. The van der Waals surface area contributed by atoms with E-state index in [4.69, 9.17) is 0 Å². The van der Waals surface area contributed by atoms with E-state index in [1.165, 1.54) is 21.1 Å². The van der Waals surface area contributed by atoms with Crippen LogP contribution in [-0.4, -0.2) is 64.1 Å². The van der Waals surface area contributed by atoms with Crippen molar-refractivity contribution in [2.75, 3.05) is 27.2 Å². The summed E-state index contributed by atoms with van der Waals surface area (Å²) in [5, 5.41) is 0. The van der Waals surface area contributed by atoms with Gasteiger partial charge in [-0.05, 0) is 0 Å². The Morgan fingerprint density at radius 3 is 2.25 bits per heavy atom. The number of carbonyl (C=O) groups is 2. The standard InChI is InChI=1S/C13H17F3N4O4/c1-17(2)10(22)6-20(8-13(14,15)16)11(23)7-19-5-4-9(21)18(3)12(19)24/h4-5H,6-8H2,1-3H3. The summed E-state index contributed by atoms with van der Waals surface area (Å²) in [6.45, 7) is -3.11.